The summed E-state index contributed by atoms with van der Waals surface area (Å²) in [5.41, 5.74) is 2.70. The number of para-hydroxylation sites is 1. The Morgan fingerprint density at radius 3 is 2.89 bits per heavy atom. The highest BCUT2D eigenvalue weighted by Crippen LogP contribution is 2.19. The molecule has 0 bridgehead atoms. The lowest BCUT2D eigenvalue weighted by atomic mass is 10.1. The van der Waals surface area contributed by atoms with E-state index in [4.69, 9.17) is 4.42 Å². The molecule has 142 valence electrons. The summed E-state index contributed by atoms with van der Waals surface area (Å²) in [7, 11) is 0. The number of benzene rings is 1. The molecule has 1 aliphatic rings. The summed E-state index contributed by atoms with van der Waals surface area (Å²) in [5, 5.41) is 14.4. The Hall–Kier alpha value is -1.99. The van der Waals surface area contributed by atoms with E-state index in [1.54, 1.807) is 17.6 Å². The molecule has 6 heteroatoms. The number of aliphatic hydroxyl groups is 1. The molecule has 1 fully saturated rings. The summed E-state index contributed by atoms with van der Waals surface area (Å²) >= 11 is 1.72. The lowest BCUT2D eigenvalue weighted by Gasteiger charge is -2.41. The van der Waals surface area contributed by atoms with Crippen molar-refractivity contribution in [3.8, 4) is 0 Å². The standard InChI is InChI=1S/C21H24N2O3S/c24-9-5-18-13-22(7-8-23(18)11-16-6-10-27-15-16)12-17-14-26-20-4-2-1-3-19(20)21(17)25/h1-4,6,10,14-15,18,24H,5,7-9,11-13H2. The van der Waals surface area contributed by atoms with Gasteiger partial charge in [-0.15, -0.1) is 0 Å². The fourth-order valence-corrected chi connectivity index (χ4v) is 4.48. The third kappa shape index (κ3) is 4.14. The topological polar surface area (TPSA) is 56.9 Å². The molecular formula is C21H24N2O3S. The van der Waals surface area contributed by atoms with Crippen LogP contribution >= 0.6 is 11.3 Å². The molecule has 0 saturated carbocycles. The quantitative estimate of drug-likeness (QED) is 0.708. The first kappa shape index (κ1) is 18.4. The minimum Gasteiger partial charge on any atom is -0.464 e. The van der Waals surface area contributed by atoms with Crippen LogP contribution in [-0.2, 0) is 13.1 Å². The molecule has 0 radical (unpaired) electrons. The number of thiophene rings is 1. The zero-order valence-electron chi connectivity index (χ0n) is 15.2. The molecule has 1 saturated heterocycles. The van der Waals surface area contributed by atoms with Crippen LogP contribution in [0.1, 0.15) is 17.5 Å². The molecule has 1 aromatic carbocycles. The Kier molecular flexibility index (Phi) is 5.69. The third-order valence-electron chi connectivity index (χ3n) is 5.26. The fourth-order valence-electron chi connectivity index (χ4n) is 3.82. The summed E-state index contributed by atoms with van der Waals surface area (Å²) in [6.07, 6.45) is 2.34. The molecular weight excluding hydrogens is 360 g/mol. The van der Waals surface area contributed by atoms with E-state index in [2.05, 4.69) is 26.6 Å². The predicted molar refractivity (Wildman–Crippen MR) is 108 cm³/mol. The maximum atomic E-state index is 12.7. The van der Waals surface area contributed by atoms with Gasteiger partial charge in [-0.1, -0.05) is 12.1 Å². The van der Waals surface area contributed by atoms with Gasteiger partial charge >= 0.3 is 0 Å². The monoisotopic (exact) mass is 384 g/mol. The number of hydrogen-bond acceptors (Lipinski definition) is 6. The molecule has 0 aliphatic carbocycles. The summed E-state index contributed by atoms with van der Waals surface area (Å²) in [6, 6.07) is 9.82. The van der Waals surface area contributed by atoms with Gasteiger partial charge in [-0.05, 0) is 40.9 Å². The maximum absolute atomic E-state index is 12.7. The number of aliphatic hydroxyl groups excluding tert-OH is 1. The first-order valence-corrected chi connectivity index (χ1v) is 10.3. The average Bonchev–Trinajstić information content (AvgIpc) is 3.20. The van der Waals surface area contributed by atoms with Gasteiger partial charge in [0, 0.05) is 50.9 Å². The number of hydrogen-bond donors (Lipinski definition) is 1. The molecule has 0 amide bonds. The van der Waals surface area contributed by atoms with Crippen molar-refractivity contribution in [1.82, 2.24) is 9.80 Å². The molecule has 1 N–H and O–H groups in total. The Balaban J connectivity index is 1.47. The van der Waals surface area contributed by atoms with Gasteiger partial charge in [0.25, 0.3) is 0 Å². The van der Waals surface area contributed by atoms with Crippen LogP contribution in [-0.4, -0.2) is 47.2 Å². The van der Waals surface area contributed by atoms with Gasteiger partial charge in [-0.3, -0.25) is 14.6 Å². The highest BCUT2D eigenvalue weighted by molar-refractivity contribution is 7.07. The van der Waals surface area contributed by atoms with Crippen molar-refractivity contribution >= 4 is 22.3 Å². The second-order valence-corrected chi connectivity index (χ2v) is 7.87. The first-order valence-electron chi connectivity index (χ1n) is 9.32. The van der Waals surface area contributed by atoms with E-state index in [0.29, 0.717) is 23.1 Å². The van der Waals surface area contributed by atoms with E-state index < -0.39 is 0 Å². The van der Waals surface area contributed by atoms with Crippen LogP contribution in [0.25, 0.3) is 11.0 Å². The molecule has 3 aromatic rings. The molecule has 1 unspecified atom stereocenters. The van der Waals surface area contributed by atoms with Crippen molar-refractivity contribution in [2.75, 3.05) is 26.2 Å². The van der Waals surface area contributed by atoms with Gasteiger partial charge in [0.05, 0.1) is 11.6 Å². The minimum atomic E-state index is 0.0521. The van der Waals surface area contributed by atoms with E-state index in [-0.39, 0.29) is 18.1 Å². The Morgan fingerprint density at radius 2 is 2.07 bits per heavy atom. The highest BCUT2D eigenvalue weighted by atomic mass is 32.1. The molecule has 0 spiro atoms. The Morgan fingerprint density at radius 1 is 1.19 bits per heavy atom. The Labute approximate surface area is 162 Å². The minimum absolute atomic E-state index is 0.0521. The molecule has 3 heterocycles. The average molecular weight is 385 g/mol. The first-order chi connectivity index (χ1) is 13.2. The SMILES string of the molecule is O=c1c(CN2CCN(Cc3ccsc3)C(CCO)C2)coc2ccccc12. The van der Waals surface area contributed by atoms with Gasteiger partial charge < -0.3 is 9.52 Å². The van der Waals surface area contributed by atoms with E-state index in [1.165, 1.54) is 5.56 Å². The van der Waals surface area contributed by atoms with E-state index in [9.17, 15) is 9.90 Å². The second-order valence-electron chi connectivity index (χ2n) is 7.09. The maximum Gasteiger partial charge on any atom is 0.197 e. The van der Waals surface area contributed by atoms with Crippen molar-refractivity contribution in [2.45, 2.75) is 25.6 Å². The van der Waals surface area contributed by atoms with Crippen LogP contribution in [0.2, 0.25) is 0 Å². The van der Waals surface area contributed by atoms with Crippen LogP contribution in [0.3, 0.4) is 0 Å². The molecule has 5 nitrogen and oxygen atoms in total. The smallest absolute Gasteiger partial charge is 0.197 e. The highest BCUT2D eigenvalue weighted by Gasteiger charge is 2.27. The molecule has 4 rings (SSSR count). The van der Waals surface area contributed by atoms with E-state index in [0.717, 1.165) is 32.6 Å². The number of nitrogens with zero attached hydrogens (tertiary/aromatic N) is 2. The van der Waals surface area contributed by atoms with Gasteiger partial charge in [0.1, 0.15) is 5.58 Å². The van der Waals surface area contributed by atoms with Gasteiger partial charge in [-0.2, -0.15) is 11.3 Å². The normalized spacial score (nSPS) is 18.9. The van der Waals surface area contributed by atoms with Gasteiger partial charge in [0.15, 0.2) is 5.43 Å². The molecule has 1 atom stereocenters. The predicted octanol–water partition coefficient (Wildman–Crippen LogP) is 2.92. The van der Waals surface area contributed by atoms with E-state index in [1.807, 2.05) is 24.3 Å². The van der Waals surface area contributed by atoms with Gasteiger partial charge in [-0.25, -0.2) is 0 Å². The summed E-state index contributed by atoms with van der Waals surface area (Å²) in [4.78, 5) is 17.5. The molecule has 27 heavy (non-hydrogen) atoms. The number of rotatable bonds is 6. The molecule has 1 aliphatic heterocycles. The zero-order valence-corrected chi connectivity index (χ0v) is 16.0. The summed E-state index contributed by atoms with van der Waals surface area (Å²) < 4.78 is 5.65. The zero-order chi connectivity index (χ0) is 18.6. The third-order valence-corrected chi connectivity index (χ3v) is 5.99. The lowest BCUT2D eigenvalue weighted by Crippen LogP contribution is -2.52. The Bertz CT molecular complexity index is 938. The van der Waals surface area contributed by atoms with Crippen molar-refractivity contribution in [3.05, 3.63) is 68.7 Å². The van der Waals surface area contributed by atoms with Crippen molar-refractivity contribution in [2.24, 2.45) is 0 Å². The summed E-state index contributed by atoms with van der Waals surface area (Å²) in [5.74, 6) is 0. The van der Waals surface area contributed by atoms with Crippen molar-refractivity contribution in [3.63, 3.8) is 0 Å². The van der Waals surface area contributed by atoms with E-state index >= 15 is 0 Å². The summed E-state index contributed by atoms with van der Waals surface area (Å²) in [6.45, 7) is 4.35. The number of piperazine rings is 1. The van der Waals surface area contributed by atoms with Crippen LogP contribution in [0.15, 0.2) is 56.6 Å². The van der Waals surface area contributed by atoms with Crippen LogP contribution in [0.4, 0.5) is 0 Å². The van der Waals surface area contributed by atoms with Crippen molar-refractivity contribution < 1.29 is 9.52 Å². The number of fused-ring (bicyclic) bond motifs is 1. The molecule has 2 aromatic heterocycles. The van der Waals surface area contributed by atoms with Gasteiger partial charge in [0.2, 0.25) is 0 Å². The van der Waals surface area contributed by atoms with Crippen LogP contribution < -0.4 is 5.43 Å². The fraction of sp³-hybridized carbons (Fsp3) is 0.381. The van der Waals surface area contributed by atoms with Crippen LogP contribution in [0, 0.1) is 0 Å². The van der Waals surface area contributed by atoms with Crippen molar-refractivity contribution in [1.29, 1.82) is 0 Å². The second kappa shape index (κ2) is 8.35. The van der Waals surface area contributed by atoms with Crippen LogP contribution in [0.5, 0.6) is 0 Å². The largest absolute Gasteiger partial charge is 0.464 e. The lowest BCUT2D eigenvalue weighted by molar-refractivity contribution is 0.0497.